The van der Waals surface area contributed by atoms with Crippen LogP contribution in [0, 0.1) is 6.92 Å². The lowest BCUT2D eigenvalue weighted by molar-refractivity contribution is 0.412. The molecule has 0 aliphatic rings. The van der Waals surface area contributed by atoms with E-state index < -0.39 is 0 Å². The summed E-state index contributed by atoms with van der Waals surface area (Å²) in [6.45, 7) is 5.71. The molecule has 138 valence electrons. The first-order valence-electron chi connectivity index (χ1n) is 9.23. The number of pyridine rings is 1. The lowest BCUT2D eigenvalue weighted by Gasteiger charge is -2.26. The van der Waals surface area contributed by atoms with Crippen LogP contribution >= 0.6 is 12.2 Å². The monoisotopic (exact) mass is 375 g/mol. The van der Waals surface area contributed by atoms with E-state index in [2.05, 4.69) is 83.6 Å². The Bertz CT molecular complexity index is 858. The third kappa shape index (κ3) is 5.63. The standard InChI is InChI=1S/C23H25N3S/c1-3-19-10-12-22(13-11-19)25-23(27)26(17-21-5-4-14-24-15-21)16-20-8-6-18(2)7-9-20/h4-15H,3,16-17H2,1-2H3,(H,25,27). The van der Waals surface area contributed by atoms with Gasteiger partial charge in [0.25, 0.3) is 0 Å². The first-order chi connectivity index (χ1) is 13.1. The number of rotatable bonds is 6. The van der Waals surface area contributed by atoms with Crippen molar-refractivity contribution in [1.82, 2.24) is 9.88 Å². The normalized spacial score (nSPS) is 10.4. The summed E-state index contributed by atoms with van der Waals surface area (Å²) in [6, 6.07) is 21.1. The van der Waals surface area contributed by atoms with Gasteiger partial charge in [0.1, 0.15) is 0 Å². The summed E-state index contributed by atoms with van der Waals surface area (Å²) in [5.41, 5.74) is 5.95. The number of benzene rings is 2. The van der Waals surface area contributed by atoms with Gasteiger partial charge in [0.05, 0.1) is 0 Å². The van der Waals surface area contributed by atoms with Crippen LogP contribution in [0.1, 0.15) is 29.2 Å². The Balaban J connectivity index is 1.76. The molecular weight excluding hydrogens is 350 g/mol. The van der Waals surface area contributed by atoms with E-state index in [4.69, 9.17) is 12.2 Å². The Kier molecular flexibility index (Phi) is 6.55. The fourth-order valence-corrected chi connectivity index (χ4v) is 3.10. The second-order valence-corrected chi connectivity index (χ2v) is 7.07. The molecule has 2 aromatic carbocycles. The Hall–Kier alpha value is -2.72. The second kappa shape index (κ2) is 9.28. The second-order valence-electron chi connectivity index (χ2n) is 6.68. The van der Waals surface area contributed by atoms with Crippen molar-refractivity contribution >= 4 is 23.0 Å². The number of aromatic nitrogens is 1. The minimum Gasteiger partial charge on any atom is -0.340 e. The molecule has 0 saturated carbocycles. The van der Waals surface area contributed by atoms with Crippen molar-refractivity contribution in [2.24, 2.45) is 0 Å². The first-order valence-corrected chi connectivity index (χ1v) is 9.64. The fraction of sp³-hybridized carbons (Fsp3) is 0.217. The van der Waals surface area contributed by atoms with E-state index in [0.29, 0.717) is 11.7 Å². The van der Waals surface area contributed by atoms with Gasteiger partial charge in [0.15, 0.2) is 5.11 Å². The third-order valence-electron chi connectivity index (χ3n) is 4.49. The predicted octanol–water partition coefficient (Wildman–Crippen LogP) is 5.35. The van der Waals surface area contributed by atoms with Crippen LogP contribution in [0.2, 0.25) is 0 Å². The number of anilines is 1. The SMILES string of the molecule is CCc1ccc(NC(=S)N(Cc2ccc(C)cc2)Cc2cccnc2)cc1. The smallest absolute Gasteiger partial charge is 0.174 e. The van der Waals surface area contributed by atoms with Crippen molar-refractivity contribution in [3.05, 3.63) is 95.3 Å². The van der Waals surface area contributed by atoms with Gasteiger partial charge < -0.3 is 10.2 Å². The van der Waals surface area contributed by atoms with E-state index in [1.807, 2.05) is 12.3 Å². The van der Waals surface area contributed by atoms with Crippen LogP contribution in [0.3, 0.4) is 0 Å². The zero-order valence-electron chi connectivity index (χ0n) is 15.9. The Morgan fingerprint density at radius 2 is 1.59 bits per heavy atom. The number of thiocarbonyl (C=S) groups is 1. The first kappa shape index (κ1) is 19.1. The summed E-state index contributed by atoms with van der Waals surface area (Å²) in [7, 11) is 0. The molecular formula is C23H25N3S. The lowest BCUT2D eigenvalue weighted by Crippen LogP contribution is -2.33. The van der Waals surface area contributed by atoms with Gasteiger partial charge in [-0.15, -0.1) is 0 Å². The van der Waals surface area contributed by atoms with Crippen LogP contribution in [0.5, 0.6) is 0 Å². The Morgan fingerprint density at radius 3 is 2.22 bits per heavy atom. The van der Waals surface area contributed by atoms with Crippen molar-refractivity contribution in [3.8, 4) is 0 Å². The van der Waals surface area contributed by atoms with E-state index in [1.165, 1.54) is 16.7 Å². The average molecular weight is 376 g/mol. The molecule has 3 nitrogen and oxygen atoms in total. The number of hydrogen-bond acceptors (Lipinski definition) is 2. The molecule has 0 fully saturated rings. The van der Waals surface area contributed by atoms with Crippen LogP contribution in [-0.4, -0.2) is 15.0 Å². The fourth-order valence-electron chi connectivity index (χ4n) is 2.85. The molecule has 3 aromatic rings. The maximum Gasteiger partial charge on any atom is 0.174 e. The number of nitrogens with zero attached hydrogens (tertiary/aromatic N) is 2. The van der Waals surface area contributed by atoms with E-state index in [1.54, 1.807) is 6.20 Å². The van der Waals surface area contributed by atoms with Crippen molar-refractivity contribution in [1.29, 1.82) is 0 Å². The summed E-state index contributed by atoms with van der Waals surface area (Å²) in [4.78, 5) is 6.40. The minimum absolute atomic E-state index is 0.709. The molecule has 0 spiro atoms. The molecule has 0 saturated heterocycles. The average Bonchev–Trinajstić information content (AvgIpc) is 2.70. The summed E-state index contributed by atoms with van der Waals surface area (Å²) in [6.07, 6.45) is 4.71. The van der Waals surface area contributed by atoms with Gasteiger partial charge in [0.2, 0.25) is 0 Å². The molecule has 0 bridgehead atoms. The van der Waals surface area contributed by atoms with Crippen molar-refractivity contribution < 1.29 is 0 Å². The molecule has 3 rings (SSSR count). The predicted molar refractivity (Wildman–Crippen MR) is 117 cm³/mol. The third-order valence-corrected chi connectivity index (χ3v) is 4.85. The minimum atomic E-state index is 0.709. The Labute approximate surface area is 167 Å². The molecule has 1 N–H and O–H groups in total. The van der Waals surface area contributed by atoms with Crippen LogP contribution in [-0.2, 0) is 19.5 Å². The van der Waals surface area contributed by atoms with Crippen molar-refractivity contribution in [3.63, 3.8) is 0 Å². The highest BCUT2D eigenvalue weighted by molar-refractivity contribution is 7.80. The van der Waals surface area contributed by atoms with Crippen molar-refractivity contribution in [2.45, 2.75) is 33.4 Å². The van der Waals surface area contributed by atoms with Gasteiger partial charge in [-0.2, -0.15) is 0 Å². The zero-order valence-corrected chi connectivity index (χ0v) is 16.7. The molecule has 1 heterocycles. The van der Waals surface area contributed by atoms with E-state index in [0.717, 1.165) is 24.2 Å². The van der Waals surface area contributed by atoms with Gasteiger partial charge in [-0.3, -0.25) is 4.98 Å². The van der Waals surface area contributed by atoms with Gasteiger partial charge >= 0.3 is 0 Å². The summed E-state index contributed by atoms with van der Waals surface area (Å²) < 4.78 is 0. The summed E-state index contributed by atoms with van der Waals surface area (Å²) in [5.74, 6) is 0. The van der Waals surface area contributed by atoms with Crippen LogP contribution < -0.4 is 5.32 Å². The van der Waals surface area contributed by atoms with Crippen molar-refractivity contribution in [2.75, 3.05) is 5.32 Å². The summed E-state index contributed by atoms with van der Waals surface area (Å²) >= 11 is 5.74. The van der Waals surface area contributed by atoms with Crippen LogP contribution in [0.25, 0.3) is 0 Å². The van der Waals surface area contributed by atoms with E-state index >= 15 is 0 Å². The highest BCUT2D eigenvalue weighted by atomic mass is 32.1. The lowest BCUT2D eigenvalue weighted by atomic mass is 10.1. The number of nitrogens with one attached hydrogen (secondary N) is 1. The topological polar surface area (TPSA) is 28.2 Å². The van der Waals surface area contributed by atoms with E-state index in [-0.39, 0.29) is 0 Å². The van der Waals surface area contributed by atoms with Gasteiger partial charge in [-0.25, -0.2) is 0 Å². The Morgan fingerprint density at radius 1 is 0.926 bits per heavy atom. The van der Waals surface area contributed by atoms with Gasteiger partial charge in [0, 0.05) is 31.2 Å². The largest absolute Gasteiger partial charge is 0.340 e. The van der Waals surface area contributed by atoms with Gasteiger partial charge in [-0.1, -0.05) is 55.0 Å². The number of aryl methyl sites for hydroxylation is 2. The molecule has 4 heteroatoms. The quantitative estimate of drug-likeness (QED) is 0.588. The van der Waals surface area contributed by atoms with Gasteiger partial charge in [-0.05, 0) is 60.5 Å². The van der Waals surface area contributed by atoms with Crippen LogP contribution in [0.15, 0.2) is 73.1 Å². The molecule has 0 unspecified atom stereocenters. The molecule has 0 radical (unpaired) electrons. The highest BCUT2D eigenvalue weighted by Gasteiger charge is 2.12. The molecule has 27 heavy (non-hydrogen) atoms. The maximum absolute atomic E-state index is 5.74. The summed E-state index contributed by atoms with van der Waals surface area (Å²) in [5, 5.41) is 4.09. The molecule has 0 aliphatic carbocycles. The number of hydrogen-bond donors (Lipinski definition) is 1. The molecule has 0 atom stereocenters. The molecule has 0 aliphatic heterocycles. The molecule has 1 aromatic heterocycles. The molecule has 0 amide bonds. The highest BCUT2D eigenvalue weighted by Crippen LogP contribution is 2.15. The zero-order chi connectivity index (χ0) is 19.1. The van der Waals surface area contributed by atoms with Crippen LogP contribution in [0.4, 0.5) is 5.69 Å². The van der Waals surface area contributed by atoms with E-state index in [9.17, 15) is 0 Å². The maximum atomic E-state index is 5.74.